The number of hydrogen-bond donors (Lipinski definition) is 0. The molecule has 0 unspecified atom stereocenters. The van der Waals surface area contributed by atoms with Crippen molar-refractivity contribution in [1.82, 2.24) is 4.98 Å². The van der Waals surface area contributed by atoms with E-state index in [-0.39, 0.29) is 17.3 Å². The fourth-order valence-electron chi connectivity index (χ4n) is 2.06. The molecule has 0 aliphatic heterocycles. The van der Waals surface area contributed by atoms with Gasteiger partial charge in [-0.15, -0.1) is 11.3 Å². The molecule has 3 aromatic rings. The highest BCUT2D eigenvalue weighted by Gasteiger charge is 2.16. The van der Waals surface area contributed by atoms with Gasteiger partial charge in [0.25, 0.3) is 0 Å². The van der Waals surface area contributed by atoms with Crippen LogP contribution in [-0.2, 0) is 21.3 Å². The lowest BCUT2D eigenvalue weighted by molar-refractivity contribution is 0.594. The minimum Gasteiger partial charge on any atom is -0.240 e. The van der Waals surface area contributed by atoms with Crippen LogP contribution in [0.2, 0.25) is 0 Å². The Hall–Kier alpha value is -1.79. The Morgan fingerprint density at radius 3 is 2.43 bits per heavy atom. The molecular weight excluding hydrogens is 309 g/mol. The SMILES string of the molecule is O=S(=O)(Cc1ccc(F)cc1)Cc1nc2ccccc2s1. The number of fused-ring (bicyclic) bond motifs is 1. The fraction of sp³-hybridized carbons (Fsp3) is 0.133. The van der Waals surface area contributed by atoms with E-state index in [9.17, 15) is 12.8 Å². The fourth-order valence-corrected chi connectivity index (χ4v) is 4.84. The molecule has 0 saturated heterocycles. The second-order valence-electron chi connectivity index (χ2n) is 4.73. The van der Waals surface area contributed by atoms with Crippen molar-refractivity contribution in [2.75, 3.05) is 0 Å². The first-order chi connectivity index (χ1) is 10.0. The smallest absolute Gasteiger partial charge is 0.160 e. The van der Waals surface area contributed by atoms with Crippen LogP contribution < -0.4 is 0 Å². The van der Waals surface area contributed by atoms with Crippen molar-refractivity contribution in [3.8, 4) is 0 Å². The molecule has 0 saturated carbocycles. The first-order valence-corrected chi connectivity index (χ1v) is 8.95. The molecule has 0 spiro atoms. The number of nitrogens with zero attached hydrogens (tertiary/aromatic N) is 1. The summed E-state index contributed by atoms with van der Waals surface area (Å²) in [5, 5.41) is 0.582. The minimum atomic E-state index is -3.32. The first kappa shape index (κ1) is 14.2. The van der Waals surface area contributed by atoms with E-state index < -0.39 is 9.84 Å². The number of hydrogen-bond acceptors (Lipinski definition) is 4. The molecule has 0 bridgehead atoms. The highest BCUT2D eigenvalue weighted by Crippen LogP contribution is 2.24. The lowest BCUT2D eigenvalue weighted by Crippen LogP contribution is -2.07. The summed E-state index contributed by atoms with van der Waals surface area (Å²) in [5.41, 5.74) is 1.40. The average Bonchev–Trinajstić information content (AvgIpc) is 2.82. The lowest BCUT2D eigenvalue weighted by atomic mass is 10.2. The van der Waals surface area contributed by atoms with Gasteiger partial charge in [-0.05, 0) is 29.8 Å². The van der Waals surface area contributed by atoms with Crippen molar-refractivity contribution < 1.29 is 12.8 Å². The number of benzene rings is 2. The maximum atomic E-state index is 12.8. The monoisotopic (exact) mass is 321 g/mol. The molecule has 0 amide bonds. The van der Waals surface area contributed by atoms with Gasteiger partial charge in [-0.25, -0.2) is 17.8 Å². The van der Waals surface area contributed by atoms with Gasteiger partial charge in [-0.1, -0.05) is 24.3 Å². The molecule has 2 aromatic carbocycles. The summed E-state index contributed by atoms with van der Waals surface area (Å²) >= 11 is 1.39. The van der Waals surface area contributed by atoms with Crippen molar-refractivity contribution in [2.24, 2.45) is 0 Å². The summed E-state index contributed by atoms with van der Waals surface area (Å²) < 4.78 is 38.2. The van der Waals surface area contributed by atoms with E-state index in [1.165, 1.54) is 35.6 Å². The largest absolute Gasteiger partial charge is 0.240 e. The number of halogens is 1. The van der Waals surface area contributed by atoms with Gasteiger partial charge in [0.05, 0.1) is 16.0 Å². The average molecular weight is 321 g/mol. The van der Waals surface area contributed by atoms with Crippen LogP contribution in [0.25, 0.3) is 10.2 Å². The molecule has 6 heteroatoms. The normalized spacial score (nSPS) is 11.9. The molecule has 1 aromatic heterocycles. The molecular formula is C15H12FNO2S2. The third kappa shape index (κ3) is 3.46. The van der Waals surface area contributed by atoms with Crippen molar-refractivity contribution in [1.29, 1.82) is 0 Å². The third-order valence-electron chi connectivity index (χ3n) is 2.98. The minimum absolute atomic E-state index is 0.0935. The zero-order valence-corrected chi connectivity index (χ0v) is 12.6. The molecule has 0 fully saturated rings. The van der Waals surface area contributed by atoms with Crippen LogP contribution >= 0.6 is 11.3 Å². The Labute approximate surface area is 126 Å². The first-order valence-electron chi connectivity index (χ1n) is 6.31. The quantitative estimate of drug-likeness (QED) is 0.738. The maximum Gasteiger partial charge on any atom is 0.160 e. The summed E-state index contributed by atoms with van der Waals surface area (Å²) in [6.07, 6.45) is 0. The summed E-state index contributed by atoms with van der Waals surface area (Å²) in [6, 6.07) is 13.1. The van der Waals surface area contributed by atoms with E-state index in [4.69, 9.17) is 0 Å². The van der Waals surface area contributed by atoms with Gasteiger partial charge in [-0.2, -0.15) is 0 Å². The Morgan fingerprint density at radius 2 is 1.71 bits per heavy atom. The van der Waals surface area contributed by atoms with E-state index >= 15 is 0 Å². The molecule has 0 aliphatic rings. The number of rotatable bonds is 4. The van der Waals surface area contributed by atoms with Crippen LogP contribution in [0.4, 0.5) is 4.39 Å². The topological polar surface area (TPSA) is 47.0 Å². The molecule has 21 heavy (non-hydrogen) atoms. The Balaban J connectivity index is 1.80. The summed E-state index contributed by atoms with van der Waals surface area (Å²) in [7, 11) is -3.32. The predicted molar refractivity (Wildman–Crippen MR) is 82.3 cm³/mol. The zero-order chi connectivity index (χ0) is 14.9. The van der Waals surface area contributed by atoms with E-state index in [1.54, 1.807) is 0 Å². The number of aromatic nitrogens is 1. The van der Waals surface area contributed by atoms with E-state index in [0.717, 1.165) is 10.2 Å². The van der Waals surface area contributed by atoms with Crippen LogP contribution in [0, 0.1) is 5.82 Å². The molecule has 0 radical (unpaired) electrons. The van der Waals surface area contributed by atoms with Crippen molar-refractivity contribution in [3.63, 3.8) is 0 Å². The van der Waals surface area contributed by atoms with Crippen LogP contribution in [0.5, 0.6) is 0 Å². The highest BCUT2D eigenvalue weighted by molar-refractivity contribution is 7.90. The van der Waals surface area contributed by atoms with Gasteiger partial charge in [0, 0.05) is 0 Å². The molecule has 0 N–H and O–H groups in total. The third-order valence-corrected chi connectivity index (χ3v) is 5.69. The molecule has 0 aliphatic carbocycles. The lowest BCUT2D eigenvalue weighted by Gasteiger charge is -2.02. The van der Waals surface area contributed by atoms with Crippen molar-refractivity contribution in [2.45, 2.75) is 11.5 Å². The van der Waals surface area contributed by atoms with Gasteiger partial charge in [-0.3, -0.25) is 0 Å². The molecule has 3 rings (SSSR count). The standard InChI is InChI=1S/C15H12FNO2S2/c16-12-7-5-11(6-8-12)9-21(18,19)10-15-17-13-3-1-2-4-14(13)20-15/h1-8H,9-10H2. The molecule has 108 valence electrons. The van der Waals surface area contributed by atoms with Crippen LogP contribution in [0.3, 0.4) is 0 Å². The summed E-state index contributed by atoms with van der Waals surface area (Å²) in [6.45, 7) is 0. The van der Waals surface area contributed by atoms with E-state index in [2.05, 4.69) is 4.98 Å². The number of thiazole rings is 1. The van der Waals surface area contributed by atoms with Crippen LogP contribution in [0.15, 0.2) is 48.5 Å². The van der Waals surface area contributed by atoms with E-state index in [0.29, 0.717) is 10.6 Å². The predicted octanol–water partition coefficient (Wildman–Crippen LogP) is 3.55. The Kier molecular flexibility index (Phi) is 3.73. The maximum absolute atomic E-state index is 12.8. The summed E-state index contributed by atoms with van der Waals surface area (Å²) in [4.78, 5) is 4.33. The molecule has 0 atom stereocenters. The Bertz CT molecular complexity index is 837. The van der Waals surface area contributed by atoms with Crippen LogP contribution in [0.1, 0.15) is 10.6 Å². The number of para-hydroxylation sites is 1. The van der Waals surface area contributed by atoms with Crippen molar-refractivity contribution >= 4 is 31.4 Å². The van der Waals surface area contributed by atoms with Gasteiger partial charge in [0.2, 0.25) is 0 Å². The van der Waals surface area contributed by atoms with Crippen LogP contribution in [-0.4, -0.2) is 13.4 Å². The Morgan fingerprint density at radius 1 is 1.00 bits per heavy atom. The van der Waals surface area contributed by atoms with Crippen molar-refractivity contribution in [3.05, 3.63) is 64.9 Å². The van der Waals surface area contributed by atoms with Gasteiger partial charge in [0.15, 0.2) is 9.84 Å². The molecule has 3 nitrogen and oxygen atoms in total. The summed E-state index contributed by atoms with van der Waals surface area (Å²) in [5.74, 6) is -0.574. The highest BCUT2D eigenvalue weighted by atomic mass is 32.2. The van der Waals surface area contributed by atoms with E-state index in [1.807, 2.05) is 24.3 Å². The number of sulfone groups is 1. The second-order valence-corrected chi connectivity index (χ2v) is 7.91. The second kappa shape index (κ2) is 5.54. The molecule has 1 heterocycles. The van der Waals surface area contributed by atoms with Gasteiger partial charge >= 0.3 is 0 Å². The zero-order valence-electron chi connectivity index (χ0n) is 11.0. The van der Waals surface area contributed by atoms with Gasteiger partial charge < -0.3 is 0 Å². The van der Waals surface area contributed by atoms with Gasteiger partial charge in [0.1, 0.15) is 16.6 Å².